The van der Waals surface area contributed by atoms with Crippen molar-refractivity contribution < 1.29 is 32.0 Å². The fourth-order valence-corrected chi connectivity index (χ4v) is 6.61. The lowest BCUT2D eigenvalue weighted by Gasteiger charge is -2.58. The maximum absolute atomic E-state index is 13.1. The fourth-order valence-electron chi connectivity index (χ4n) is 6.11. The molecule has 0 aromatic heterocycles. The molecule has 1 N–H and O–H groups in total. The van der Waals surface area contributed by atoms with Crippen LogP contribution in [0.25, 0.3) is 0 Å². The van der Waals surface area contributed by atoms with Gasteiger partial charge < -0.3 is 9.47 Å². The van der Waals surface area contributed by atoms with Crippen LogP contribution in [0.3, 0.4) is 0 Å². The Morgan fingerprint density at radius 2 is 1.83 bits per heavy atom. The van der Waals surface area contributed by atoms with Crippen LogP contribution in [-0.2, 0) is 30.8 Å². The van der Waals surface area contributed by atoms with Gasteiger partial charge >= 0.3 is 11.9 Å². The molecule has 4 fully saturated rings. The van der Waals surface area contributed by atoms with Crippen LogP contribution in [-0.4, -0.2) is 36.6 Å². The highest BCUT2D eigenvalue weighted by Crippen LogP contribution is 2.58. The number of hydrogen-bond acceptors (Lipinski definition) is 6. The molecule has 0 aliphatic heterocycles. The quantitative estimate of drug-likeness (QED) is 0.537. The SMILES string of the molecule is CCCc1ccc(S(=O)(=O)O)cc1C(=O)OC1C2CC3CC1CC(OC(C)=O)(C3)C2. The van der Waals surface area contributed by atoms with Gasteiger partial charge in [0.1, 0.15) is 11.7 Å². The first-order valence-corrected chi connectivity index (χ1v) is 12.1. The van der Waals surface area contributed by atoms with Crippen molar-refractivity contribution in [2.45, 2.75) is 75.4 Å². The average molecular weight is 437 g/mol. The van der Waals surface area contributed by atoms with Gasteiger partial charge in [-0.1, -0.05) is 19.4 Å². The van der Waals surface area contributed by atoms with Gasteiger partial charge in [-0.15, -0.1) is 0 Å². The maximum atomic E-state index is 13.1. The molecular weight excluding hydrogens is 408 g/mol. The first-order chi connectivity index (χ1) is 14.1. The number of hydrogen-bond donors (Lipinski definition) is 1. The van der Waals surface area contributed by atoms with Crippen molar-refractivity contribution in [2.75, 3.05) is 0 Å². The third kappa shape index (κ3) is 3.99. The van der Waals surface area contributed by atoms with Gasteiger partial charge in [-0.05, 0) is 62.1 Å². The third-order valence-corrected chi connectivity index (χ3v) is 7.70. The Balaban J connectivity index is 1.57. The van der Waals surface area contributed by atoms with Crippen molar-refractivity contribution in [3.05, 3.63) is 29.3 Å². The predicted octanol–water partition coefficient (Wildman–Crippen LogP) is 3.55. The molecular formula is C22H28O7S. The lowest BCUT2D eigenvalue weighted by Crippen LogP contribution is -2.59. The Morgan fingerprint density at radius 1 is 1.17 bits per heavy atom. The number of rotatable bonds is 6. The molecule has 0 amide bonds. The van der Waals surface area contributed by atoms with Crippen LogP contribution in [0.15, 0.2) is 23.1 Å². The monoisotopic (exact) mass is 436 g/mol. The zero-order valence-electron chi connectivity index (χ0n) is 17.3. The van der Waals surface area contributed by atoms with E-state index >= 15 is 0 Å². The van der Waals surface area contributed by atoms with Crippen LogP contribution in [0.4, 0.5) is 0 Å². The summed E-state index contributed by atoms with van der Waals surface area (Å²) in [5.41, 5.74) is 0.467. The summed E-state index contributed by atoms with van der Waals surface area (Å²) in [5.74, 6) is -0.0622. The van der Waals surface area contributed by atoms with Gasteiger partial charge in [0, 0.05) is 18.8 Å². The summed E-state index contributed by atoms with van der Waals surface area (Å²) in [6, 6.07) is 4.08. The van der Waals surface area contributed by atoms with Crippen molar-refractivity contribution in [1.29, 1.82) is 0 Å². The van der Waals surface area contributed by atoms with Gasteiger partial charge in [-0.25, -0.2) is 4.79 Å². The van der Waals surface area contributed by atoms with Gasteiger partial charge in [-0.3, -0.25) is 9.35 Å². The molecule has 0 radical (unpaired) electrons. The van der Waals surface area contributed by atoms with E-state index in [0.717, 1.165) is 25.7 Å². The maximum Gasteiger partial charge on any atom is 0.338 e. The van der Waals surface area contributed by atoms with E-state index in [2.05, 4.69) is 0 Å². The second kappa shape index (κ2) is 7.64. The van der Waals surface area contributed by atoms with Gasteiger partial charge in [0.15, 0.2) is 0 Å². The molecule has 8 heteroatoms. The zero-order chi connectivity index (χ0) is 21.7. The molecule has 2 atom stereocenters. The number of carbonyl (C=O) groups is 2. The number of aryl methyl sites for hydroxylation is 1. The van der Waals surface area contributed by atoms with E-state index in [-0.39, 0.29) is 34.4 Å². The fraction of sp³-hybridized carbons (Fsp3) is 0.636. The van der Waals surface area contributed by atoms with Gasteiger partial charge in [-0.2, -0.15) is 8.42 Å². The van der Waals surface area contributed by atoms with E-state index in [1.165, 1.54) is 19.1 Å². The highest BCUT2D eigenvalue weighted by atomic mass is 32.2. The van der Waals surface area contributed by atoms with Gasteiger partial charge in [0.2, 0.25) is 0 Å². The summed E-state index contributed by atoms with van der Waals surface area (Å²) >= 11 is 0. The van der Waals surface area contributed by atoms with Crippen LogP contribution in [0.2, 0.25) is 0 Å². The largest absolute Gasteiger partial charge is 0.459 e. The number of carbonyl (C=O) groups excluding carboxylic acids is 2. The van der Waals surface area contributed by atoms with Crippen molar-refractivity contribution >= 4 is 22.1 Å². The van der Waals surface area contributed by atoms with E-state index in [4.69, 9.17) is 9.47 Å². The standard InChI is InChI=1S/C22H28O7S/c1-3-4-15-5-6-18(30(25,26)27)9-19(15)21(24)28-20-16-7-14-8-17(20)12-22(10-14,11-16)29-13(2)23/h5-6,9,14,16-17,20H,3-4,7-8,10-12H2,1-2H3,(H,25,26,27). The van der Waals surface area contributed by atoms with Crippen molar-refractivity contribution in [3.8, 4) is 0 Å². The topological polar surface area (TPSA) is 107 Å². The lowest BCUT2D eigenvalue weighted by atomic mass is 9.53. The molecule has 4 aliphatic rings. The van der Waals surface area contributed by atoms with Crippen LogP contribution < -0.4 is 0 Å². The van der Waals surface area contributed by atoms with Crippen molar-refractivity contribution in [1.82, 2.24) is 0 Å². The minimum atomic E-state index is -4.42. The first-order valence-electron chi connectivity index (χ1n) is 10.6. The molecule has 2 unspecified atom stereocenters. The average Bonchev–Trinajstić information content (AvgIpc) is 2.62. The molecule has 0 spiro atoms. The Hall–Kier alpha value is -1.93. The predicted molar refractivity (Wildman–Crippen MR) is 108 cm³/mol. The highest BCUT2D eigenvalue weighted by Gasteiger charge is 2.58. The summed E-state index contributed by atoms with van der Waals surface area (Å²) in [6.45, 7) is 3.41. The molecule has 4 aliphatic carbocycles. The number of benzene rings is 1. The lowest BCUT2D eigenvalue weighted by molar-refractivity contribution is -0.204. The smallest absolute Gasteiger partial charge is 0.338 e. The zero-order valence-corrected chi connectivity index (χ0v) is 18.1. The number of ether oxygens (including phenoxy) is 2. The molecule has 1 aromatic rings. The van der Waals surface area contributed by atoms with E-state index < -0.39 is 21.7 Å². The van der Waals surface area contributed by atoms with Gasteiger partial charge in [0.05, 0.1) is 10.5 Å². The second-order valence-electron chi connectivity index (χ2n) is 9.16. The second-order valence-corrected chi connectivity index (χ2v) is 10.6. The minimum absolute atomic E-state index is 0.138. The van der Waals surface area contributed by atoms with Crippen LogP contribution in [0, 0.1) is 17.8 Å². The summed E-state index contributed by atoms with van der Waals surface area (Å²) in [5, 5.41) is 0. The molecule has 0 saturated heterocycles. The first kappa shape index (κ1) is 21.3. The van der Waals surface area contributed by atoms with Gasteiger partial charge in [0.25, 0.3) is 10.1 Å². The Bertz CT molecular complexity index is 952. The molecule has 7 nitrogen and oxygen atoms in total. The van der Waals surface area contributed by atoms with Crippen molar-refractivity contribution in [2.24, 2.45) is 17.8 Å². The molecule has 30 heavy (non-hydrogen) atoms. The molecule has 0 heterocycles. The Morgan fingerprint density at radius 3 is 2.40 bits per heavy atom. The number of esters is 2. The van der Waals surface area contributed by atoms with Crippen LogP contribution in [0.5, 0.6) is 0 Å². The Labute approximate surface area is 176 Å². The van der Waals surface area contributed by atoms with Crippen molar-refractivity contribution in [3.63, 3.8) is 0 Å². The molecule has 4 bridgehead atoms. The van der Waals surface area contributed by atoms with Crippen LogP contribution >= 0.6 is 0 Å². The Kier molecular flexibility index (Phi) is 5.43. The minimum Gasteiger partial charge on any atom is -0.459 e. The highest BCUT2D eigenvalue weighted by molar-refractivity contribution is 7.85. The third-order valence-electron chi connectivity index (χ3n) is 6.85. The normalized spacial score (nSPS) is 32.1. The van der Waals surface area contributed by atoms with E-state index in [9.17, 15) is 22.6 Å². The summed E-state index contributed by atoms with van der Waals surface area (Å²) in [7, 11) is -4.42. The molecule has 1 aromatic carbocycles. The van der Waals surface area contributed by atoms with E-state index in [1.807, 2.05) is 6.92 Å². The van der Waals surface area contributed by atoms with E-state index in [1.54, 1.807) is 6.07 Å². The molecule has 5 rings (SSSR count). The molecule has 164 valence electrons. The summed E-state index contributed by atoms with van der Waals surface area (Å²) < 4.78 is 44.2. The summed E-state index contributed by atoms with van der Waals surface area (Å²) in [4.78, 5) is 24.4. The van der Waals surface area contributed by atoms with Crippen LogP contribution in [0.1, 0.15) is 68.3 Å². The molecule has 4 saturated carbocycles. The summed E-state index contributed by atoms with van der Waals surface area (Å²) in [6.07, 6.45) is 5.31. The van der Waals surface area contributed by atoms with E-state index in [0.29, 0.717) is 30.7 Å².